The molecular weight excluding hydrogens is 395 g/mol. The van der Waals surface area contributed by atoms with Crippen LogP contribution in [0.2, 0.25) is 0 Å². The lowest BCUT2D eigenvalue weighted by Gasteiger charge is -2.14. The Hall–Kier alpha value is -0.0100. The van der Waals surface area contributed by atoms with Gasteiger partial charge in [0, 0.05) is 0 Å². The quantitative estimate of drug-likeness (QED) is 0.0814. The largest absolute Gasteiger partial charge is 0.469 e. The van der Waals surface area contributed by atoms with Gasteiger partial charge in [0.15, 0.2) is 0 Å². The molecule has 0 saturated heterocycles. The van der Waals surface area contributed by atoms with Crippen molar-refractivity contribution in [2.45, 2.75) is 116 Å². The summed E-state index contributed by atoms with van der Waals surface area (Å²) >= 11 is 0. The molecule has 0 aromatic rings. The van der Waals surface area contributed by atoms with Gasteiger partial charge in [-0.2, -0.15) is 0 Å². The van der Waals surface area contributed by atoms with Gasteiger partial charge < -0.3 is 14.9 Å². The van der Waals surface area contributed by atoms with E-state index in [4.69, 9.17) is 24.7 Å². The standard InChI is InChI=1S/C21H45O7P/c1-2-3-4-5-6-7-8-9-10-11-12-13-14-15-16-17-18-26-28-21(19-22)20-27-29(23,24)25/h21-22H,2-20H2,1H3,(H2,23,24,25)/t21-/m0/s1. The van der Waals surface area contributed by atoms with Crippen molar-refractivity contribution in [3.63, 3.8) is 0 Å². The van der Waals surface area contributed by atoms with E-state index in [1.165, 1.54) is 89.9 Å². The summed E-state index contributed by atoms with van der Waals surface area (Å²) in [5.74, 6) is 0. The number of hydrogen-bond donors (Lipinski definition) is 3. The van der Waals surface area contributed by atoms with Gasteiger partial charge >= 0.3 is 7.82 Å². The fourth-order valence-corrected chi connectivity index (χ4v) is 3.51. The summed E-state index contributed by atoms with van der Waals surface area (Å²) in [6, 6.07) is 0. The maximum atomic E-state index is 10.6. The number of unbranched alkanes of at least 4 members (excludes halogenated alkanes) is 15. The number of aliphatic hydroxyl groups excluding tert-OH is 1. The summed E-state index contributed by atoms with van der Waals surface area (Å²) < 4.78 is 14.9. The average Bonchev–Trinajstić information content (AvgIpc) is 2.68. The Bertz CT molecular complexity index is 376. The SMILES string of the molecule is CCCCCCCCCCCCCCCCCCOO[C@@H](CO)COP(=O)(O)O. The summed E-state index contributed by atoms with van der Waals surface area (Å²) in [6.07, 6.45) is 19.9. The molecule has 8 heteroatoms. The summed E-state index contributed by atoms with van der Waals surface area (Å²) in [7, 11) is -4.56. The van der Waals surface area contributed by atoms with Crippen LogP contribution in [0.1, 0.15) is 110 Å². The number of phosphoric ester groups is 1. The van der Waals surface area contributed by atoms with E-state index >= 15 is 0 Å². The number of hydrogen-bond acceptors (Lipinski definition) is 5. The Morgan fingerprint density at radius 1 is 0.724 bits per heavy atom. The highest BCUT2D eigenvalue weighted by Gasteiger charge is 2.18. The Balaban J connectivity index is 3.22. The number of aliphatic hydroxyl groups is 1. The van der Waals surface area contributed by atoms with E-state index < -0.39 is 27.1 Å². The lowest BCUT2D eigenvalue weighted by molar-refractivity contribution is -0.332. The first-order valence-corrected chi connectivity index (χ1v) is 13.1. The predicted octanol–water partition coefficient (Wildman–Crippen LogP) is 5.67. The van der Waals surface area contributed by atoms with Crippen molar-refractivity contribution in [2.24, 2.45) is 0 Å². The molecule has 1 atom stereocenters. The van der Waals surface area contributed by atoms with Crippen molar-refractivity contribution in [3.8, 4) is 0 Å². The molecule has 0 rings (SSSR count). The smallest absolute Gasteiger partial charge is 0.393 e. The van der Waals surface area contributed by atoms with Crippen LogP contribution < -0.4 is 0 Å². The first-order valence-electron chi connectivity index (χ1n) is 11.6. The minimum absolute atomic E-state index is 0.394. The van der Waals surface area contributed by atoms with Gasteiger partial charge in [-0.15, -0.1) is 0 Å². The van der Waals surface area contributed by atoms with E-state index in [1.807, 2.05) is 0 Å². The van der Waals surface area contributed by atoms with Gasteiger partial charge in [0.2, 0.25) is 0 Å². The minimum Gasteiger partial charge on any atom is -0.393 e. The lowest BCUT2D eigenvalue weighted by Crippen LogP contribution is -2.24. The van der Waals surface area contributed by atoms with Crippen LogP contribution in [0.4, 0.5) is 0 Å². The summed E-state index contributed by atoms with van der Waals surface area (Å²) in [6.45, 7) is 1.81. The van der Waals surface area contributed by atoms with Crippen LogP contribution in [0.15, 0.2) is 0 Å². The van der Waals surface area contributed by atoms with Crippen LogP contribution in [0.25, 0.3) is 0 Å². The van der Waals surface area contributed by atoms with Crippen LogP contribution in [0, 0.1) is 0 Å². The zero-order chi connectivity index (χ0) is 21.6. The molecule has 0 amide bonds. The first kappa shape index (κ1) is 29.0. The maximum absolute atomic E-state index is 10.6. The zero-order valence-electron chi connectivity index (χ0n) is 18.4. The van der Waals surface area contributed by atoms with Crippen molar-refractivity contribution in [3.05, 3.63) is 0 Å². The Kier molecular flexibility index (Phi) is 21.2. The van der Waals surface area contributed by atoms with E-state index in [0.717, 1.165) is 12.8 Å². The highest BCUT2D eigenvalue weighted by molar-refractivity contribution is 7.46. The Labute approximate surface area is 177 Å². The van der Waals surface area contributed by atoms with Gasteiger partial charge in [-0.3, -0.25) is 4.52 Å². The lowest BCUT2D eigenvalue weighted by atomic mass is 10.0. The Morgan fingerprint density at radius 2 is 1.14 bits per heavy atom. The van der Waals surface area contributed by atoms with Crippen molar-refractivity contribution in [1.82, 2.24) is 0 Å². The van der Waals surface area contributed by atoms with Crippen LogP contribution in [0.3, 0.4) is 0 Å². The molecule has 0 radical (unpaired) electrons. The number of rotatable bonds is 23. The molecule has 29 heavy (non-hydrogen) atoms. The van der Waals surface area contributed by atoms with E-state index in [2.05, 4.69) is 11.4 Å². The summed E-state index contributed by atoms with van der Waals surface area (Å²) in [4.78, 5) is 27.1. The van der Waals surface area contributed by atoms with E-state index in [0.29, 0.717) is 6.61 Å². The van der Waals surface area contributed by atoms with E-state index in [1.54, 1.807) is 0 Å². The van der Waals surface area contributed by atoms with E-state index in [9.17, 15) is 4.57 Å². The second kappa shape index (κ2) is 21.2. The summed E-state index contributed by atoms with van der Waals surface area (Å²) in [5.41, 5.74) is 0. The molecule has 0 spiro atoms. The molecule has 0 unspecified atom stereocenters. The molecule has 0 aliphatic rings. The molecule has 0 heterocycles. The second-order valence-corrected chi connectivity index (χ2v) is 9.05. The fourth-order valence-electron chi connectivity index (χ4n) is 3.14. The topological polar surface area (TPSA) is 105 Å². The third kappa shape index (κ3) is 24.1. The molecule has 7 nitrogen and oxygen atoms in total. The molecule has 0 saturated carbocycles. The van der Waals surface area contributed by atoms with Crippen LogP contribution >= 0.6 is 7.82 Å². The molecular formula is C21H45O7P. The highest BCUT2D eigenvalue weighted by Crippen LogP contribution is 2.35. The van der Waals surface area contributed by atoms with Crippen molar-refractivity contribution < 1.29 is 33.8 Å². The third-order valence-electron chi connectivity index (χ3n) is 4.92. The van der Waals surface area contributed by atoms with Crippen molar-refractivity contribution in [1.29, 1.82) is 0 Å². The van der Waals surface area contributed by atoms with Crippen molar-refractivity contribution >= 4 is 7.82 Å². The third-order valence-corrected chi connectivity index (χ3v) is 5.40. The van der Waals surface area contributed by atoms with Gasteiger partial charge in [0.25, 0.3) is 0 Å². The van der Waals surface area contributed by atoms with Gasteiger partial charge in [-0.05, 0) is 6.42 Å². The van der Waals surface area contributed by atoms with Gasteiger partial charge in [-0.25, -0.2) is 14.3 Å². The normalized spacial score (nSPS) is 13.1. The highest BCUT2D eigenvalue weighted by atomic mass is 31.2. The molecule has 0 bridgehead atoms. The zero-order valence-corrected chi connectivity index (χ0v) is 19.3. The molecule has 3 N–H and O–H groups in total. The summed E-state index contributed by atoms with van der Waals surface area (Å²) in [5, 5.41) is 9.03. The molecule has 0 aromatic carbocycles. The molecule has 0 fully saturated rings. The second-order valence-electron chi connectivity index (χ2n) is 7.81. The predicted molar refractivity (Wildman–Crippen MR) is 115 cm³/mol. The van der Waals surface area contributed by atoms with Crippen LogP contribution in [0.5, 0.6) is 0 Å². The minimum atomic E-state index is -4.56. The molecule has 176 valence electrons. The van der Waals surface area contributed by atoms with E-state index in [-0.39, 0.29) is 0 Å². The van der Waals surface area contributed by atoms with Gasteiger partial charge in [0.1, 0.15) is 6.10 Å². The van der Waals surface area contributed by atoms with Crippen LogP contribution in [-0.2, 0) is 18.9 Å². The molecule has 0 aliphatic heterocycles. The molecule has 0 aromatic heterocycles. The monoisotopic (exact) mass is 440 g/mol. The maximum Gasteiger partial charge on any atom is 0.469 e. The van der Waals surface area contributed by atoms with Crippen molar-refractivity contribution in [2.75, 3.05) is 19.8 Å². The van der Waals surface area contributed by atoms with Gasteiger partial charge in [0.05, 0.1) is 19.8 Å². The Morgan fingerprint density at radius 3 is 1.52 bits per heavy atom. The first-order chi connectivity index (χ1) is 14.0. The van der Waals surface area contributed by atoms with Gasteiger partial charge in [-0.1, -0.05) is 103 Å². The van der Waals surface area contributed by atoms with Crippen LogP contribution in [-0.4, -0.2) is 40.8 Å². The molecule has 0 aliphatic carbocycles. The number of phosphoric acid groups is 1. The average molecular weight is 441 g/mol. The fraction of sp³-hybridized carbons (Fsp3) is 1.00.